The molecule has 2 rings (SSSR count). The zero-order valence-corrected chi connectivity index (χ0v) is 11.2. The molecule has 2 nitrogen and oxygen atoms in total. The van der Waals surface area contributed by atoms with Gasteiger partial charge in [-0.3, -0.25) is 0 Å². The second-order valence-electron chi connectivity index (χ2n) is 3.07. The van der Waals surface area contributed by atoms with E-state index in [2.05, 4.69) is 0 Å². The van der Waals surface area contributed by atoms with Gasteiger partial charge in [0.2, 0.25) is 0 Å². The van der Waals surface area contributed by atoms with Crippen LogP contribution in [0.3, 0.4) is 0 Å². The zero-order chi connectivity index (χ0) is 12.7. The van der Waals surface area contributed by atoms with Crippen LogP contribution >= 0.6 is 0 Å². The largest absolute Gasteiger partial charge is 0.494 e. The lowest BCUT2D eigenvalue weighted by Gasteiger charge is -2.00. The van der Waals surface area contributed by atoms with Gasteiger partial charge in [0, 0.05) is 18.5 Å². The highest BCUT2D eigenvalue weighted by Crippen LogP contribution is 2.25. The molecule has 1 aromatic heterocycles. The van der Waals surface area contributed by atoms with Gasteiger partial charge in [-0.1, -0.05) is 45.9 Å². The number of para-hydroxylation sites is 1. The first kappa shape index (κ1) is 14.6. The van der Waals surface area contributed by atoms with Crippen LogP contribution in [0, 0.1) is 6.92 Å². The molecule has 1 aromatic carbocycles. The molecule has 16 heavy (non-hydrogen) atoms. The van der Waals surface area contributed by atoms with Crippen LogP contribution < -0.4 is 0 Å². The summed E-state index contributed by atoms with van der Waals surface area (Å²) in [5, 5.41) is 10.5. The highest BCUT2D eigenvalue weighted by molar-refractivity contribution is 5.85. The second kappa shape index (κ2) is 6.94. The average molecular weight is 221 g/mol. The monoisotopic (exact) mass is 221 g/mol. The number of rotatable bonds is 0. The van der Waals surface area contributed by atoms with E-state index in [9.17, 15) is 5.11 Å². The van der Waals surface area contributed by atoms with Crippen LogP contribution in [0.25, 0.3) is 10.9 Å². The van der Waals surface area contributed by atoms with Crippen LogP contribution in [0.5, 0.6) is 5.88 Å². The third kappa shape index (κ3) is 2.78. The van der Waals surface area contributed by atoms with Crippen LogP contribution in [0.2, 0.25) is 0 Å². The molecule has 0 aliphatic heterocycles. The van der Waals surface area contributed by atoms with Gasteiger partial charge in [-0.05, 0) is 12.5 Å². The number of nitrogens with zero attached hydrogens (tertiary/aromatic N) is 1. The van der Waals surface area contributed by atoms with Crippen molar-refractivity contribution in [1.29, 1.82) is 0 Å². The molecule has 2 aromatic rings. The van der Waals surface area contributed by atoms with Crippen LogP contribution in [0.4, 0.5) is 0 Å². The lowest BCUT2D eigenvalue weighted by Crippen LogP contribution is -1.87. The summed E-state index contributed by atoms with van der Waals surface area (Å²) in [6.45, 7) is 10.0. The van der Waals surface area contributed by atoms with Gasteiger partial charge in [0.05, 0.1) is 5.52 Å². The highest BCUT2D eigenvalue weighted by Gasteiger charge is 2.04. The Morgan fingerprint density at radius 1 is 1.06 bits per heavy atom. The number of aromatic nitrogens is 1. The molecule has 0 aliphatic rings. The molecule has 0 unspecified atom stereocenters. The Labute approximate surface area is 98.5 Å². The fourth-order valence-electron chi connectivity index (χ4n) is 1.61. The topological polar surface area (TPSA) is 25.2 Å². The van der Waals surface area contributed by atoms with Crippen LogP contribution in [0.1, 0.15) is 33.3 Å². The first-order chi connectivity index (χ1) is 7.70. The summed E-state index contributed by atoms with van der Waals surface area (Å²) >= 11 is 0. The smallest absolute Gasteiger partial charge is 0.191 e. The van der Waals surface area contributed by atoms with Crippen LogP contribution in [-0.2, 0) is 7.05 Å². The first-order valence-electron chi connectivity index (χ1n) is 5.94. The molecule has 0 aliphatic carbocycles. The summed E-state index contributed by atoms with van der Waals surface area (Å²) in [7, 11) is 1.87. The summed E-state index contributed by atoms with van der Waals surface area (Å²) in [4.78, 5) is 0. The van der Waals surface area contributed by atoms with E-state index < -0.39 is 0 Å². The van der Waals surface area contributed by atoms with Gasteiger partial charge >= 0.3 is 0 Å². The number of aromatic hydroxyl groups is 1. The van der Waals surface area contributed by atoms with Gasteiger partial charge in [-0.15, -0.1) is 0 Å². The summed E-state index contributed by atoms with van der Waals surface area (Å²) in [5.41, 5.74) is 2.30. The number of hydrogen-bond acceptors (Lipinski definition) is 1. The van der Waals surface area contributed by atoms with E-state index in [1.807, 2.05) is 59.9 Å². The third-order valence-electron chi connectivity index (χ3n) is 2.23. The molecular weight excluding hydrogens is 198 g/mol. The Hall–Kier alpha value is -1.44. The van der Waals surface area contributed by atoms with Gasteiger partial charge < -0.3 is 9.67 Å². The lowest BCUT2D eigenvalue weighted by molar-refractivity contribution is 0.435. The molecule has 1 heterocycles. The van der Waals surface area contributed by atoms with Crippen LogP contribution in [-0.4, -0.2) is 9.67 Å². The summed E-state index contributed by atoms with van der Waals surface area (Å²) in [6, 6.07) is 7.82. The molecule has 0 atom stereocenters. The molecule has 2 heteroatoms. The van der Waals surface area contributed by atoms with Gasteiger partial charge in [-0.25, -0.2) is 0 Å². The van der Waals surface area contributed by atoms with Gasteiger partial charge in [-0.2, -0.15) is 0 Å². The van der Waals surface area contributed by atoms with Crippen molar-refractivity contribution in [2.75, 3.05) is 0 Å². The maximum absolute atomic E-state index is 9.43. The Bertz CT molecular complexity index is 429. The molecule has 0 bridgehead atoms. The molecule has 1 N–H and O–H groups in total. The van der Waals surface area contributed by atoms with Gasteiger partial charge in [0.1, 0.15) is 0 Å². The summed E-state index contributed by atoms with van der Waals surface area (Å²) < 4.78 is 1.80. The Balaban J connectivity index is 0.000000509. The minimum Gasteiger partial charge on any atom is -0.494 e. The molecule has 0 radical (unpaired) electrons. The van der Waals surface area contributed by atoms with Crippen molar-refractivity contribution in [3.8, 4) is 5.88 Å². The minimum atomic E-state index is 0.319. The van der Waals surface area contributed by atoms with Gasteiger partial charge in [0.25, 0.3) is 0 Å². The van der Waals surface area contributed by atoms with Crippen LogP contribution in [0.15, 0.2) is 24.3 Å². The predicted octanol–water partition coefficient (Wildman–Crippen LogP) is 4.24. The normalized spacial score (nSPS) is 8.88. The van der Waals surface area contributed by atoms with Gasteiger partial charge in [0.15, 0.2) is 5.88 Å². The van der Waals surface area contributed by atoms with E-state index in [-0.39, 0.29) is 0 Å². The maximum Gasteiger partial charge on any atom is 0.191 e. The number of aryl methyl sites for hydroxylation is 2. The Morgan fingerprint density at radius 2 is 1.62 bits per heavy atom. The van der Waals surface area contributed by atoms with Crippen molar-refractivity contribution in [3.05, 3.63) is 29.8 Å². The van der Waals surface area contributed by atoms with E-state index >= 15 is 0 Å². The zero-order valence-electron chi connectivity index (χ0n) is 11.2. The molecule has 0 amide bonds. The second-order valence-corrected chi connectivity index (χ2v) is 3.07. The minimum absolute atomic E-state index is 0.319. The Kier molecular flexibility index (Phi) is 6.31. The molecule has 90 valence electrons. The number of hydrogen-bond donors (Lipinski definition) is 1. The fourth-order valence-corrected chi connectivity index (χ4v) is 1.61. The van der Waals surface area contributed by atoms with Crippen molar-refractivity contribution in [2.24, 2.45) is 7.05 Å². The molecule has 0 fully saturated rings. The predicted molar refractivity (Wildman–Crippen MR) is 72.0 cm³/mol. The molecule has 0 spiro atoms. The highest BCUT2D eigenvalue weighted by atomic mass is 16.3. The molecule has 0 saturated carbocycles. The maximum atomic E-state index is 9.43. The van der Waals surface area contributed by atoms with Crippen molar-refractivity contribution in [1.82, 2.24) is 4.57 Å². The average Bonchev–Trinajstić information content (AvgIpc) is 2.62. The van der Waals surface area contributed by atoms with E-state index in [4.69, 9.17) is 0 Å². The first-order valence-corrected chi connectivity index (χ1v) is 5.94. The van der Waals surface area contributed by atoms with E-state index in [0.29, 0.717) is 5.88 Å². The summed E-state index contributed by atoms with van der Waals surface area (Å²) in [5.74, 6) is 0.319. The Morgan fingerprint density at radius 3 is 2.12 bits per heavy atom. The van der Waals surface area contributed by atoms with Crippen molar-refractivity contribution in [3.63, 3.8) is 0 Å². The quantitative estimate of drug-likeness (QED) is 0.707. The van der Waals surface area contributed by atoms with Crippen molar-refractivity contribution < 1.29 is 5.11 Å². The van der Waals surface area contributed by atoms with E-state index in [1.165, 1.54) is 5.56 Å². The summed E-state index contributed by atoms with van der Waals surface area (Å²) in [6.07, 6.45) is 0. The van der Waals surface area contributed by atoms with E-state index in [1.54, 1.807) is 10.6 Å². The number of benzene rings is 1. The third-order valence-corrected chi connectivity index (χ3v) is 2.23. The lowest BCUT2D eigenvalue weighted by atomic mass is 10.2. The SMILES string of the molecule is CC.CC.Cc1cccc2cc(O)n(C)c12. The number of fused-ring (bicyclic) bond motifs is 1. The fraction of sp³-hybridized carbons (Fsp3) is 0.429. The molecular formula is C14H23NO. The van der Waals surface area contributed by atoms with E-state index in [0.717, 1.165) is 10.9 Å². The van der Waals surface area contributed by atoms with Crippen molar-refractivity contribution >= 4 is 10.9 Å². The standard InChI is InChI=1S/C10H11NO.2C2H6/c1-7-4-3-5-8-6-9(12)11(2)10(7)8;2*1-2/h3-6,12H,1-2H3;2*1-2H3. The van der Waals surface area contributed by atoms with Crippen molar-refractivity contribution in [2.45, 2.75) is 34.6 Å². The molecule has 0 saturated heterocycles.